The molecule has 0 unspecified atom stereocenters. The number of rotatable bonds is 5. The maximum absolute atomic E-state index is 14.6. The molecule has 4 rings (SSSR count). The number of nitrogens with one attached hydrogen (secondary N) is 1. The lowest BCUT2D eigenvalue weighted by atomic mass is 9.90. The van der Waals surface area contributed by atoms with E-state index in [-0.39, 0.29) is 16.8 Å². The fraction of sp³-hybridized carbons (Fsp3) is 0.304. The van der Waals surface area contributed by atoms with E-state index in [1.54, 1.807) is 18.2 Å². The average Bonchev–Trinajstić information content (AvgIpc) is 3.03. The van der Waals surface area contributed by atoms with Crippen LogP contribution in [0.1, 0.15) is 48.0 Å². The molecular weight excluding hydrogens is 383 g/mol. The van der Waals surface area contributed by atoms with Crippen LogP contribution < -0.4 is 5.32 Å². The van der Waals surface area contributed by atoms with Crippen LogP contribution in [0, 0.1) is 11.2 Å². The number of halogens is 1. The Labute approximate surface area is 174 Å². The molecule has 1 aliphatic carbocycles. The second kappa shape index (κ2) is 7.48. The number of aromatic nitrogens is 3. The first kappa shape index (κ1) is 19.9. The molecule has 0 atom stereocenters. The standard InChI is InChI=1S/C23H23FN4O2/c1-4-13-5-6-17(24)14(9-13)20-27-19-11-23(2,3)10-15(19)21(28-20)26-18-7-8-25-12-16(18)22(29)30/h5-9,12H,4,10-11H2,1-3H3,(H,29,30)(H,25,26,27,28). The van der Waals surface area contributed by atoms with E-state index in [1.807, 2.05) is 6.92 Å². The monoisotopic (exact) mass is 406 g/mol. The summed E-state index contributed by atoms with van der Waals surface area (Å²) in [5, 5.41) is 12.6. The van der Waals surface area contributed by atoms with Gasteiger partial charge in [0.25, 0.3) is 0 Å². The summed E-state index contributed by atoms with van der Waals surface area (Å²) in [4.78, 5) is 24.8. The first-order chi connectivity index (χ1) is 14.3. The second-order valence-electron chi connectivity index (χ2n) is 8.36. The van der Waals surface area contributed by atoms with Crippen molar-refractivity contribution in [2.24, 2.45) is 5.41 Å². The molecule has 0 fully saturated rings. The number of aromatic carboxylic acids is 1. The van der Waals surface area contributed by atoms with Gasteiger partial charge in [0.05, 0.1) is 16.9 Å². The smallest absolute Gasteiger partial charge is 0.339 e. The molecule has 1 aromatic carbocycles. The third-order valence-corrected chi connectivity index (χ3v) is 5.38. The zero-order valence-corrected chi connectivity index (χ0v) is 17.2. The molecule has 0 saturated heterocycles. The number of aryl methyl sites for hydroxylation is 1. The summed E-state index contributed by atoms with van der Waals surface area (Å²) in [7, 11) is 0. The minimum absolute atomic E-state index is 0.0102. The lowest BCUT2D eigenvalue weighted by Crippen LogP contribution is -2.10. The normalized spacial score (nSPS) is 14.4. The molecule has 154 valence electrons. The number of benzene rings is 1. The van der Waals surface area contributed by atoms with Gasteiger partial charge >= 0.3 is 5.97 Å². The highest BCUT2D eigenvalue weighted by Gasteiger charge is 2.33. The van der Waals surface area contributed by atoms with Crippen LogP contribution in [0.3, 0.4) is 0 Å². The van der Waals surface area contributed by atoms with E-state index >= 15 is 0 Å². The van der Waals surface area contributed by atoms with Crippen molar-refractivity contribution in [2.75, 3.05) is 5.32 Å². The van der Waals surface area contributed by atoms with Crippen LogP contribution in [0.4, 0.5) is 15.9 Å². The highest BCUT2D eigenvalue weighted by atomic mass is 19.1. The van der Waals surface area contributed by atoms with Crippen LogP contribution in [0.25, 0.3) is 11.4 Å². The van der Waals surface area contributed by atoms with Crippen LogP contribution in [-0.2, 0) is 19.3 Å². The molecule has 0 amide bonds. The fourth-order valence-electron chi connectivity index (χ4n) is 3.85. The summed E-state index contributed by atoms with van der Waals surface area (Å²) < 4.78 is 14.6. The van der Waals surface area contributed by atoms with Crippen LogP contribution in [0.5, 0.6) is 0 Å². The minimum atomic E-state index is -1.08. The molecule has 0 spiro atoms. The zero-order chi connectivity index (χ0) is 21.5. The number of carboxylic acid groups (broad SMARTS) is 1. The second-order valence-corrected chi connectivity index (χ2v) is 8.36. The molecule has 2 aromatic heterocycles. The van der Waals surface area contributed by atoms with Gasteiger partial charge in [0.2, 0.25) is 0 Å². The van der Waals surface area contributed by atoms with Gasteiger partial charge in [0.15, 0.2) is 5.82 Å². The molecule has 2 N–H and O–H groups in total. The SMILES string of the molecule is CCc1ccc(F)c(-c2nc3c(c(Nc4ccncc4C(=O)O)n2)CC(C)(C)C3)c1. The third kappa shape index (κ3) is 3.75. The van der Waals surface area contributed by atoms with E-state index in [1.165, 1.54) is 18.5 Å². The highest BCUT2D eigenvalue weighted by Crippen LogP contribution is 2.40. The molecule has 0 saturated carbocycles. The number of pyridine rings is 1. The third-order valence-electron chi connectivity index (χ3n) is 5.38. The van der Waals surface area contributed by atoms with Gasteiger partial charge in [0, 0.05) is 18.0 Å². The Hall–Kier alpha value is -3.35. The number of carboxylic acids is 1. The van der Waals surface area contributed by atoms with E-state index in [4.69, 9.17) is 4.98 Å². The van der Waals surface area contributed by atoms with Crippen molar-refractivity contribution in [1.29, 1.82) is 0 Å². The van der Waals surface area contributed by atoms with Crippen molar-refractivity contribution in [3.8, 4) is 11.4 Å². The number of fused-ring (bicyclic) bond motifs is 1. The van der Waals surface area contributed by atoms with Crippen LogP contribution in [0.15, 0.2) is 36.7 Å². The van der Waals surface area contributed by atoms with Crippen LogP contribution in [0.2, 0.25) is 0 Å². The van der Waals surface area contributed by atoms with Gasteiger partial charge in [-0.15, -0.1) is 0 Å². The summed E-state index contributed by atoms with van der Waals surface area (Å²) in [5.74, 6) is -0.660. The van der Waals surface area contributed by atoms with E-state index in [9.17, 15) is 14.3 Å². The number of hydrogen-bond donors (Lipinski definition) is 2. The van der Waals surface area contributed by atoms with E-state index in [0.29, 0.717) is 22.9 Å². The largest absolute Gasteiger partial charge is 0.478 e. The Morgan fingerprint density at radius 1 is 1.23 bits per heavy atom. The van der Waals surface area contributed by atoms with Crippen LogP contribution >= 0.6 is 0 Å². The van der Waals surface area contributed by atoms with Gasteiger partial charge in [-0.1, -0.05) is 26.8 Å². The predicted octanol–water partition coefficient (Wildman–Crippen LogP) is 4.81. The Morgan fingerprint density at radius 2 is 2.03 bits per heavy atom. The molecule has 2 heterocycles. The van der Waals surface area contributed by atoms with Crippen molar-refractivity contribution in [3.05, 3.63) is 64.9 Å². The van der Waals surface area contributed by atoms with Crippen molar-refractivity contribution < 1.29 is 14.3 Å². The molecular formula is C23H23FN4O2. The summed E-state index contributed by atoms with van der Waals surface area (Å²) in [6.07, 6.45) is 5.07. The van der Waals surface area contributed by atoms with Crippen molar-refractivity contribution in [1.82, 2.24) is 15.0 Å². The average molecular weight is 406 g/mol. The molecule has 7 heteroatoms. The number of carbonyl (C=O) groups is 1. The molecule has 0 aliphatic heterocycles. The van der Waals surface area contributed by atoms with E-state index < -0.39 is 5.97 Å². The molecule has 3 aromatic rings. The lowest BCUT2D eigenvalue weighted by molar-refractivity contribution is 0.0697. The molecule has 0 radical (unpaired) electrons. The van der Waals surface area contributed by atoms with Crippen LogP contribution in [-0.4, -0.2) is 26.0 Å². The van der Waals surface area contributed by atoms with Gasteiger partial charge in [-0.3, -0.25) is 4.98 Å². The van der Waals surface area contributed by atoms with Gasteiger partial charge in [-0.25, -0.2) is 19.2 Å². The summed E-state index contributed by atoms with van der Waals surface area (Å²) in [6, 6.07) is 6.56. The van der Waals surface area contributed by atoms with Gasteiger partial charge in [0.1, 0.15) is 17.2 Å². The minimum Gasteiger partial charge on any atom is -0.478 e. The maximum atomic E-state index is 14.6. The van der Waals surface area contributed by atoms with E-state index in [2.05, 4.69) is 29.1 Å². The summed E-state index contributed by atoms with van der Waals surface area (Å²) in [5.41, 5.74) is 3.55. The van der Waals surface area contributed by atoms with Gasteiger partial charge in [-0.2, -0.15) is 0 Å². The fourth-order valence-corrected chi connectivity index (χ4v) is 3.85. The predicted molar refractivity (Wildman–Crippen MR) is 112 cm³/mol. The van der Waals surface area contributed by atoms with Crippen molar-refractivity contribution in [2.45, 2.75) is 40.0 Å². The molecule has 30 heavy (non-hydrogen) atoms. The molecule has 1 aliphatic rings. The Morgan fingerprint density at radius 3 is 2.77 bits per heavy atom. The summed E-state index contributed by atoms with van der Waals surface area (Å²) >= 11 is 0. The molecule has 6 nitrogen and oxygen atoms in total. The van der Waals surface area contributed by atoms with Crippen molar-refractivity contribution >= 4 is 17.5 Å². The maximum Gasteiger partial charge on any atom is 0.339 e. The molecule has 0 bridgehead atoms. The highest BCUT2D eigenvalue weighted by molar-refractivity contribution is 5.94. The number of hydrogen-bond acceptors (Lipinski definition) is 5. The number of nitrogens with zero attached hydrogens (tertiary/aromatic N) is 3. The Bertz CT molecular complexity index is 1140. The quantitative estimate of drug-likeness (QED) is 0.632. The van der Waals surface area contributed by atoms with Gasteiger partial charge < -0.3 is 10.4 Å². The zero-order valence-electron chi connectivity index (χ0n) is 17.2. The Balaban J connectivity index is 1.86. The summed E-state index contributed by atoms with van der Waals surface area (Å²) in [6.45, 7) is 6.30. The lowest BCUT2D eigenvalue weighted by Gasteiger charge is -2.16. The Kier molecular flexibility index (Phi) is 4.97. The van der Waals surface area contributed by atoms with Gasteiger partial charge in [-0.05, 0) is 48.4 Å². The first-order valence-corrected chi connectivity index (χ1v) is 9.90. The number of anilines is 2. The first-order valence-electron chi connectivity index (χ1n) is 9.90. The van der Waals surface area contributed by atoms with E-state index in [0.717, 1.165) is 36.1 Å². The topological polar surface area (TPSA) is 88.0 Å². The van der Waals surface area contributed by atoms with Crippen molar-refractivity contribution in [3.63, 3.8) is 0 Å².